The molecule has 0 radical (unpaired) electrons. The second-order valence-corrected chi connectivity index (χ2v) is 5.66. The molecule has 7 heteroatoms. The van der Waals surface area contributed by atoms with E-state index in [1.807, 2.05) is 0 Å². The molecule has 1 aromatic heterocycles. The molecule has 138 valence electrons. The van der Waals surface area contributed by atoms with Crippen LogP contribution in [0.15, 0.2) is 53.5 Å². The Hall–Kier alpha value is -3.48. The van der Waals surface area contributed by atoms with Crippen molar-refractivity contribution in [2.24, 2.45) is 5.10 Å². The molecule has 0 aliphatic carbocycles. The summed E-state index contributed by atoms with van der Waals surface area (Å²) >= 11 is 0. The van der Waals surface area contributed by atoms with Crippen LogP contribution in [0.3, 0.4) is 0 Å². The summed E-state index contributed by atoms with van der Waals surface area (Å²) in [5.74, 6) is -1.37. The lowest BCUT2D eigenvalue weighted by atomic mass is 9.91. The van der Waals surface area contributed by atoms with Gasteiger partial charge in [0.15, 0.2) is 11.5 Å². The van der Waals surface area contributed by atoms with Crippen molar-refractivity contribution < 1.29 is 19.0 Å². The zero-order valence-electron chi connectivity index (χ0n) is 15.1. The summed E-state index contributed by atoms with van der Waals surface area (Å²) < 4.78 is 18.1. The van der Waals surface area contributed by atoms with Gasteiger partial charge in [-0.05, 0) is 31.5 Å². The number of aliphatic hydroxyl groups excluding tert-OH is 1. The van der Waals surface area contributed by atoms with Crippen LogP contribution in [0.4, 0.5) is 4.39 Å². The minimum atomic E-state index is -0.727. The minimum absolute atomic E-state index is 0.103. The number of benzene rings is 1. The van der Waals surface area contributed by atoms with Crippen molar-refractivity contribution >= 4 is 23.6 Å². The highest BCUT2D eigenvalue weighted by atomic mass is 19.1. The van der Waals surface area contributed by atoms with Crippen LogP contribution in [0, 0.1) is 5.82 Å². The van der Waals surface area contributed by atoms with E-state index < -0.39 is 5.97 Å². The largest absolute Gasteiger partial charge is 0.505 e. The highest BCUT2D eigenvalue weighted by molar-refractivity contribution is 6.02. The van der Waals surface area contributed by atoms with Gasteiger partial charge in [-0.3, -0.25) is 4.98 Å². The zero-order chi connectivity index (χ0) is 19.6. The van der Waals surface area contributed by atoms with Crippen molar-refractivity contribution in [2.45, 2.75) is 13.8 Å². The van der Waals surface area contributed by atoms with E-state index in [2.05, 4.69) is 10.1 Å². The molecule has 0 bridgehead atoms. The van der Waals surface area contributed by atoms with Gasteiger partial charge in [0.1, 0.15) is 5.82 Å². The number of pyridine rings is 1. The van der Waals surface area contributed by atoms with E-state index in [4.69, 9.17) is 4.74 Å². The maximum Gasteiger partial charge on any atom is 0.360 e. The molecular formula is C20H18FN3O3. The number of aliphatic hydroxyl groups is 1. The van der Waals surface area contributed by atoms with Crippen LogP contribution in [0.2, 0.25) is 0 Å². The Bertz CT molecular complexity index is 978. The molecule has 0 saturated heterocycles. The maximum atomic E-state index is 13.3. The van der Waals surface area contributed by atoms with Gasteiger partial charge in [-0.15, -0.1) is 0 Å². The fraction of sp³-hybridized carbons (Fsp3) is 0.150. The molecule has 0 atom stereocenters. The number of fused-ring (bicyclic) bond motifs is 1. The fourth-order valence-electron chi connectivity index (χ4n) is 3.00. The predicted octanol–water partition coefficient (Wildman–Crippen LogP) is 3.97. The molecule has 1 aromatic carbocycles. The van der Waals surface area contributed by atoms with E-state index in [1.165, 1.54) is 36.7 Å². The van der Waals surface area contributed by atoms with Gasteiger partial charge in [-0.1, -0.05) is 18.2 Å². The van der Waals surface area contributed by atoms with Crippen LogP contribution in [0.25, 0.3) is 22.6 Å². The van der Waals surface area contributed by atoms with Gasteiger partial charge in [0.05, 0.1) is 12.8 Å². The molecule has 1 N–H and O–H groups in total. The number of hydrogen-bond acceptors (Lipinski definition) is 6. The number of esters is 1. The smallest absolute Gasteiger partial charge is 0.360 e. The average Bonchev–Trinajstić information content (AvgIpc) is 2.68. The number of aromatic nitrogens is 1. The topological polar surface area (TPSA) is 75.0 Å². The Morgan fingerprint density at radius 3 is 2.48 bits per heavy atom. The fourth-order valence-corrected chi connectivity index (χ4v) is 3.00. The summed E-state index contributed by atoms with van der Waals surface area (Å²) in [6.07, 6.45) is 6.37. The zero-order valence-corrected chi connectivity index (χ0v) is 15.1. The van der Waals surface area contributed by atoms with Crippen molar-refractivity contribution in [3.8, 4) is 11.1 Å². The third kappa shape index (κ3) is 3.08. The number of rotatable bonds is 3. The third-order valence-electron chi connectivity index (χ3n) is 4.16. The summed E-state index contributed by atoms with van der Waals surface area (Å²) in [7, 11) is 1.23. The van der Waals surface area contributed by atoms with Crippen LogP contribution >= 0.6 is 0 Å². The van der Waals surface area contributed by atoms with Gasteiger partial charge in [0.25, 0.3) is 0 Å². The number of carbonyl (C=O) groups excluding carboxylic acids is 1. The average molecular weight is 367 g/mol. The Morgan fingerprint density at radius 2 is 1.89 bits per heavy atom. The molecule has 1 aliphatic rings. The first-order valence-corrected chi connectivity index (χ1v) is 8.24. The molecule has 3 rings (SSSR count). The van der Waals surface area contributed by atoms with Crippen molar-refractivity contribution in [3.63, 3.8) is 0 Å². The summed E-state index contributed by atoms with van der Waals surface area (Å²) in [4.78, 5) is 16.5. The van der Waals surface area contributed by atoms with Gasteiger partial charge >= 0.3 is 5.97 Å². The second-order valence-electron chi connectivity index (χ2n) is 5.66. The Morgan fingerprint density at radius 1 is 1.22 bits per heavy atom. The lowest BCUT2D eigenvalue weighted by Gasteiger charge is -2.31. The number of ether oxygens (including phenoxy) is 1. The van der Waals surface area contributed by atoms with Crippen LogP contribution < -0.4 is 0 Å². The molecule has 2 heterocycles. The number of hydrazone groups is 1. The highest BCUT2D eigenvalue weighted by Gasteiger charge is 2.35. The molecule has 27 heavy (non-hydrogen) atoms. The number of methoxy groups -OCH3 is 1. The van der Waals surface area contributed by atoms with E-state index in [0.717, 1.165) is 5.56 Å². The van der Waals surface area contributed by atoms with Crippen LogP contribution in [0.5, 0.6) is 0 Å². The first kappa shape index (κ1) is 18.3. The van der Waals surface area contributed by atoms with E-state index in [9.17, 15) is 14.3 Å². The van der Waals surface area contributed by atoms with Crippen molar-refractivity contribution in [1.82, 2.24) is 9.99 Å². The van der Waals surface area contributed by atoms with Crippen molar-refractivity contribution in [2.75, 3.05) is 7.11 Å². The third-order valence-corrected chi connectivity index (χ3v) is 4.16. The molecule has 0 spiro atoms. The number of hydrogen-bond donors (Lipinski definition) is 1. The minimum Gasteiger partial charge on any atom is -0.505 e. The van der Waals surface area contributed by atoms with Crippen LogP contribution in [0.1, 0.15) is 25.0 Å². The number of halogens is 1. The Balaban J connectivity index is 2.35. The number of carbonyl (C=O) groups is 1. The monoisotopic (exact) mass is 367 g/mol. The molecule has 0 amide bonds. The van der Waals surface area contributed by atoms with Gasteiger partial charge in [0.2, 0.25) is 0 Å². The van der Waals surface area contributed by atoms with Gasteiger partial charge in [-0.2, -0.15) is 5.10 Å². The quantitative estimate of drug-likeness (QED) is 0.656. The summed E-state index contributed by atoms with van der Waals surface area (Å²) in [5, 5.41) is 16.3. The Labute approximate surface area is 155 Å². The second kappa shape index (κ2) is 7.41. The summed E-state index contributed by atoms with van der Waals surface area (Å²) in [5.41, 5.74) is 2.86. The molecule has 2 aromatic rings. The number of allylic oxidation sites excluding steroid dienone is 1. The number of nitrogens with zero attached hydrogens (tertiary/aromatic N) is 3. The Kier molecular flexibility index (Phi) is 5.03. The predicted molar refractivity (Wildman–Crippen MR) is 101 cm³/mol. The molecule has 0 saturated carbocycles. The first-order valence-electron chi connectivity index (χ1n) is 8.24. The molecule has 0 unspecified atom stereocenters. The highest BCUT2D eigenvalue weighted by Crippen LogP contribution is 2.42. The van der Waals surface area contributed by atoms with E-state index in [-0.39, 0.29) is 17.3 Å². The lowest BCUT2D eigenvalue weighted by molar-refractivity contribution is -0.137. The van der Waals surface area contributed by atoms with E-state index in [1.54, 1.807) is 38.3 Å². The van der Waals surface area contributed by atoms with Crippen LogP contribution in [-0.4, -0.2) is 34.4 Å². The normalized spacial score (nSPS) is 15.4. The molecule has 1 aliphatic heterocycles. The lowest BCUT2D eigenvalue weighted by Crippen LogP contribution is -2.28. The SMILES string of the molecule is C/C=N\N1C(C(=O)OC)=C(O)c2cncc(-c3ccc(F)cc3)c2/C1=C\C. The molecule has 0 fully saturated rings. The van der Waals surface area contributed by atoms with E-state index >= 15 is 0 Å². The maximum absolute atomic E-state index is 13.3. The van der Waals surface area contributed by atoms with Gasteiger partial charge < -0.3 is 9.84 Å². The first-order chi connectivity index (χ1) is 13.0. The van der Waals surface area contributed by atoms with Gasteiger partial charge in [-0.25, -0.2) is 14.2 Å². The summed E-state index contributed by atoms with van der Waals surface area (Å²) in [6.45, 7) is 3.49. The molecular weight excluding hydrogens is 349 g/mol. The van der Waals surface area contributed by atoms with E-state index in [0.29, 0.717) is 22.4 Å². The van der Waals surface area contributed by atoms with Crippen molar-refractivity contribution in [3.05, 3.63) is 65.4 Å². The van der Waals surface area contributed by atoms with Crippen LogP contribution in [-0.2, 0) is 9.53 Å². The summed E-state index contributed by atoms with van der Waals surface area (Å²) in [6, 6.07) is 5.96. The molecule has 6 nitrogen and oxygen atoms in total. The standard InChI is InChI=1S/C20H18FN3O3/c1-4-16-17-14(12-6-8-13(21)9-7-12)10-22-11-15(17)19(25)18(20(26)27-3)24(16)23-5-2/h4-11,25H,1-3H3/b16-4+,23-5-. The van der Waals surface area contributed by atoms with Crippen molar-refractivity contribution in [1.29, 1.82) is 0 Å². The van der Waals surface area contributed by atoms with Gasteiger partial charge in [0, 0.05) is 35.3 Å².